The molecule has 2 atom stereocenters. The monoisotopic (exact) mass is 484 g/mol. The molecule has 3 aliphatic rings. The molecule has 3 heterocycles. The fourth-order valence-corrected chi connectivity index (χ4v) is 6.72. The summed E-state index contributed by atoms with van der Waals surface area (Å²) >= 11 is 0. The minimum atomic E-state index is -4.02. The number of hydrogen-bond acceptors (Lipinski definition) is 6. The molecule has 33 heavy (non-hydrogen) atoms. The summed E-state index contributed by atoms with van der Waals surface area (Å²) in [6.45, 7) is 5.01. The fraction of sp³-hybridized carbons (Fsp3) is 0.250. The summed E-state index contributed by atoms with van der Waals surface area (Å²) in [6.07, 6.45) is 0. The van der Waals surface area contributed by atoms with Crippen molar-refractivity contribution in [1.82, 2.24) is 5.32 Å². The molecule has 0 spiro atoms. The van der Waals surface area contributed by atoms with Crippen LogP contribution in [0.2, 0.25) is 0 Å². The Bertz CT molecular complexity index is 1420. The number of nitrogens with zero attached hydrogens (tertiary/aromatic N) is 1. The highest BCUT2D eigenvalue weighted by molar-refractivity contribution is 7.92. The lowest BCUT2D eigenvalue weighted by atomic mass is 9.96. The van der Waals surface area contributed by atoms with Gasteiger partial charge in [0.1, 0.15) is 0 Å². The molecule has 0 saturated carbocycles. The Labute approximate surface area is 193 Å². The van der Waals surface area contributed by atoms with Crippen molar-refractivity contribution in [3.8, 4) is 11.1 Å². The summed E-state index contributed by atoms with van der Waals surface area (Å²) in [7, 11) is -7.36. The first-order valence-corrected chi connectivity index (χ1v) is 13.6. The largest absolute Gasteiger partial charge is 0.370 e. The molecule has 7 nitrogen and oxygen atoms in total. The Morgan fingerprint density at radius 2 is 1.64 bits per heavy atom. The molecule has 3 aromatic carbocycles. The van der Waals surface area contributed by atoms with Gasteiger partial charge < -0.3 is 10.2 Å². The maximum atomic E-state index is 12.6. The number of anilines is 1. The Morgan fingerprint density at radius 1 is 0.939 bits per heavy atom. The molecule has 2 N–H and O–H groups in total. The van der Waals surface area contributed by atoms with Gasteiger partial charge in [-0.1, -0.05) is 35.9 Å². The van der Waals surface area contributed by atoms with E-state index in [-0.39, 0.29) is 4.90 Å². The zero-order chi connectivity index (χ0) is 23.4. The van der Waals surface area contributed by atoms with Gasteiger partial charge in [0.15, 0.2) is 0 Å². The van der Waals surface area contributed by atoms with E-state index in [1.54, 1.807) is 30.3 Å². The molecule has 172 valence electrons. The molecule has 6 rings (SSSR count). The van der Waals surface area contributed by atoms with Gasteiger partial charge in [0.25, 0.3) is 10.1 Å². The molecule has 3 aromatic rings. The van der Waals surface area contributed by atoms with Gasteiger partial charge in [-0.15, -0.1) is 0 Å². The van der Waals surface area contributed by atoms with E-state index in [1.807, 2.05) is 31.2 Å². The van der Waals surface area contributed by atoms with Crippen LogP contribution in [0.5, 0.6) is 0 Å². The third kappa shape index (κ3) is 3.95. The minimum Gasteiger partial charge on any atom is -0.370 e. The van der Waals surface area contributed by atoms with Crippen molar-refractivity contribution >= 4 is 25.6 Å². The number of hydrogen-bond donors (Lipinski definition) is 2. The van der Waals surface area contributed by atoms with Gasteiger partial charge in [-0.25, -0.2) is 8.42 Å². The lowest BCUT2D eigenvalue weighted by Gasteiger charge is -2.29. The normalized spacial score (nSPS) is 21.8. The van der Waals surface area contributed by atoms with Crippen LogP contribution >= 0.6 is 0 Å². The highest BCUT2D eigenvalue weighted by atomic mass is 32.2. The van der Waals surface area contributed by atoms with Gasteiger partial charge in [0.05, 0.1) is 14.7 Å². The Balaban J connectivity index is 0.000000177. The molecule has 2 fully saturated rings. The van der Waals surface area contributed by atoms with Crippen molar-refractivity contribution in [3.05, 3.63) is 72.3 Å². The smallest absolute Gasteiger partial charge is 0.294 e. The van der Waals surface area contributed by atoms with Crippen molar-refractivity contribution in [1.29, 1.82) is 0 Å². The highest BCUT2D eigenvalue weighted by Gasteiger charge is 2.40. The van der Waals surface area contributed by atoms with Crippen LogP contribution < -0.4 is 10.2 Å². The first-order valence-electron chi connectivity index (χ1n) is 10.7. The van der Waals surface area contributed by atoms with Crippen molar-refractivity contribution in [2.75, 3.05) is 24.5 Å². The third-order valence-electron chi connectivity index (χ3n) is 6.49. The number of nitrogens with one attached hydrogen (secondary N) is 1. The van der Waals surface area contributed by atoms with E-state index in [0.29, 0.717) is 15.8 Å². The topological polar surface area (TPSA) is 104 Å². The van der Waals surface area contributed by atoms with Gasteiger partial charge in [-0.2, -0.15) is 8.42 Å². The highest BCUT2D eigenvalue weighted by Crippen LogP contribution is 2.44. The van der Waals surface area contributed by atoms with Gasteiger partial charge in [0, 0.05) is 48.4 Å². The van der Waals surface area contributed by atoms with Crippen LogP contribution in [-0.4, -0.2) is 47.1 Å². The predicted octanol–water partition coefficient (Wildman–Crippen LogP) is 3.15. The number of fused-ring (bicyclic) bond motifs is 4. The SMILES string of the molecule is Cc1ccc(S(=O)(=O)O)cc1.O=S1(=O)c2ccccc2-c2cc(N3C[C@@H]4CN[C@@H]4C3)ccc21. The van der Waals surface area contributed by atoms with Crippen molar-refractivity contribution in [2.45, 2.75) is 27.7 Å². The first kappa shape index (κ1) is 22.1. The number of benzene rings is 3. The molecule has 0 amide bonds. The first-order chi connectivity index (χ1) is 15.6. The van der Waals surface area contributed by atoms with Gasteiger partial charge in [-0.3, -0.25) is 4.55 Å². The molecule has 9 heteroatoms. The summed E-state index contributed by atoms with van der Waals surface area (Å²) in [5.74, 6) is 0.740. The van der Waals surface area contributed by atoms with Gasteiger partial charge >= 0.3 is 0 Å². The number of sulfone groups is 1. The number of aryl methyl sites for hydroxylation is 1. The van der Waals surface area contributed by atoms with E-state index >= 15 is 0 Å². The average molecular weight is 485 g/mol. The molecule has 3 aliphatic heterocycles. The quantitative estimate of drug-likeness (QED) is 0.421. The predicted molar refractivity (Wildman–Crippen MR) is 126 cm³/mol. The molecular formula is C24H24N2O5S2. The lowest BCUT2D eigenvalue weighted by molar-refractivity contribution is 0.297. The van der Waals surface area contributed by atoms with Crippen molar-refractivity contribution < 1.29 is 21.4 Å². The number of rotatable bonds is 2. The Kier molecular flexibility index (Phi) is 5.32. The van der Waals surface area contributed by atoms with E-state index in [0.717, 1.165) is 47.9 Å². The maximum Gasteiger partial charge on any atom is 0.294 e. The Hall–Kier alpha value is -2.72. The van der Waals surface area contributed by atoms with E-state index in [1.165, 1.54) is 12.1 Å². The molecule has 0 radical (unpaired) electrons. The second-order valence-electron chi connectivity index (χ2n) is 8.65. The zero-order valence-electron chi connectivity index (χ0n) is 18.0. The van der Waals surface area contributed by atoms with E-state index in [2.05, 4.69) is 10.2 Å². The molecule has 0 aliphatic carbocycles. The van der Waals surface area contributed by atoms with Crippen molar-refractivity contribution in [2.24, 2.45) is 5.92 Å². The van der Waals surface area contributed by atoms with Crippen LogP contribution in [-0.2, 0) is 20.0 Å². The third-order valence-corrected chi connectivity index (χ3v) is 9.22. The van der Waals surface area contributed by atoms with E-state index < -0.39 is 20.0 Å². The Morgan fingerprint density at radius 3 is 2.24 bits per heavy atom. The van der Waals surface area contributed by atoms with Crippen LogP contribution in [0.15, 0.2) is 81.4 Å². The van der Waals surface area contributed by atoms with E-state index in [9.17, 15) is 16.8 Å². The molecular weight excluding hydrogens is 460 g/mol. The standard InChI is InChI=1S/C17H16N2O2S.C7H8O3S/c20-22(21)16-4-2-1-3-13(16)14-7-12(5-6-17(14)22)19-9-11-8-18-15(11)10-19;1-6-2-4-7(5-3-6)11(8,9)10/h1-7,11,15,18H,8-10H2;2-5H,1H3,(H,8,9,10)/t11-,15+;/m0./s1. The van der Waals surface area contributed by atoms with Gasteiger partial charge in [0.2, 0.25) is 9.84 Å². The molecule has 0 bridgehead atoms. The van der Waals surface area contributed by atoms with Crippen LogP contribution in [0, 0.1) is 12.8 Å². The summed E-state index contributed by atoms with van der Waals surface area (Å²) in [5, 5.41) is 3.45. The van der Waals surface area contributed by atoms with E-state index in [4.69, 9.17) is 4.55 Å². The second-order valence-corrected chi connectivity index (χ2v) is 12.0. The maximum absolute atomic E-state index is 12.6. The minimum absolute atomic E-state index is 0.0666. The van der Waals surface area contributed by atoms with Crippen LogP contribution in [0.1, 0.15) is 5.56 Å². The zero-order valence-corrected chi connectivity index (χ0v) is 19.6. The van der Waals surface area contributed by atoms with Crippen LogP contribution in [0.25, 0.3) is 11.1 Å². The lowest BCUT2D eigenvalue weighted by Crippen LogP contribution is -2.51. The summed E-state index contributed by atoms with van der Waals surface area (Å²) in [6, 6.07) is 19.6. The summed E-state index contributed by atoms with van der Waals surface area (Å²) in [4.78, 5) is 3.18. The molecule has 0 unspecified atom stereocenters. The molecule has 2 saturated heterocycles. The summed E-state index contributed by atoms with van der Waals surface area (Å²) in [5.41, 5.74) is 3.76. The fourth-order valence-electron chi connectivity index (χ4n) is 4.57. The van der Waals surface area contributed by atoms with Gasteiger partial charge in [-0.05, 0) is 43.3 Å². The average Bonchev–Trinajstić information content (AvgIpc) is 3.19. The van der Waals surface area contributed by atoms with Crippen LogP contribution in [0.4, 0.5) is 5.69 Å². The second kappa shape index (κ2) is 7.95. The summed E-state index contributed by atoms with van der Waals surface area (Å²) < 4.78 is 54.7. The van der Waals surface area contributed by atoms with Crippen LogP contribution in [0.3, 0.4) is 0 Å². The molecule has 0 aromatic heterocycles. The van der Waals surface area contributed by atoms with Crippen molar-refractivity contribution in [3.63, 3.8) is 0 Å².